The van der Waals surface area contributed by atoms with Crippen LogP contribution in [0.25, 0.3) is 5.69 Å². The summed E-state index contributed by atoms with van der Waals surface area (Å²) in [6, 6.07) is 5.31. The van der Waals surface area contributed by atoms with Gasteiger partial charge in [0.05, 0.1) is 10.7 Å². The number of rotatable bonds is 5. The summed E-state index contributed by atoms with van der Waals surface area (Å²) in [4.78, 5) is 17.4. The van der Waals surface area contributed by atoms with Gasteiger partial charge in [0.15, 0.2) is 0 Å². The van der Waals surface area contributed by atoms with E-state index in [0.717, 1.165) is 22.7 Å². The van der Waals surface area contributed by atoms with Gasteiger partial charge in [0, 0.05) is 29.7 Å². The van der Waals surface area contributed by atoms with E-state index >= 15 is 0 Å². The quantitative estimate of drug-likeness (QED) is 0.739. The number of nitrogens with zero attached hydrogens (tertiary/aromatic N) is 5. The second-order valence-corrected chi connectivity index (χ2v) is 6.57. The molecule has 124 valence electrons. The van der Waals surface area contributed by atoms with Crippen LogP contribution < -0.4 is 10.6 Å². The highest BCUT2D eigenvalue weighted by Crippen LogP contribution is 2.17. The van der Waals surface area contributed by atoms with Crippen molar-refractivity contribution in [3.8, 4) is 5.69 Å². The molecule has 2 aromatic heterocycles. The van der Waals surface area contributed by atoms with Crippen LogP contribution in [0.1, 0.15) is 15.4 Å². The third-order valence-electron chi connectivity index (χ3n) is 3.34. The standard InChI is InChI=1S/C15H17N7OS/c1-10-7-12(3-4-13(10)22-9-18-20-21-22)19-15(23)16-6-5-14-17-8-11(2)24-14/h3-4,7-9H,5-6H2,1-2H3,(H2,16,19,23). The molecule has 3 aromatic rings. The van der Waals surface area contributed by atoms with Gasteiger partial charge in [-0.25, -0.2) is 14.5 Å². The van der Waals surface area contributed by atoms with E-state index in [-0.39, 0.29) is 6.03 Å². The lowest BCUT2D eigenvalue weighted by Gasteiger charge is -2.10. The molecule has 0 aliphatic carbocycles. The van der Waals surface area contributed by atoms with E-state index < -0.39 is 0 Å². The zero-order valence-electron chi connectivity index (χ0n) is 13.4. The molecular weight excluding hydrogens is 326 g/mol. The molecule has 3 rings (SSSR count). The van der Waals surface area contributed by atoms with Crippen molar-refractivity contribution in [1.29, 1.82) is 0 Å². The van der Waals surface area contributed by atoms with Gasteiger partial charge >= 0.3 is 6.03 Å². The van der Waals surface area contributed by atoms with Gasteiger partial charge in [0.2, 0.25) is 0 Å². The van der Waals surface area contributed by atoms with Crippen LogP contribution in [0.15, 0.2) is 30.7 Å². The van der Waals surface area contributed by atoms with Crippen molar-refractivity contribution in [3.05, 3.63) is 46.2 Å². The Balaban J connectivity index is 1.53. The molecule has 24 heavy (non-hydrogen) atoms. The van der Waals surface area contributed by atoms with Crippen LogP contribution in [-0.4, -0.2) is 37.8 Å². The summed E-state index contributed by atoms with van der Waals surface area (Å²) < 4.78 is 1.58. The molecule has 0 spiro atoms. The van der Waals surface area contributed by atoms with Crippen molar-refractivity contribution in [2.75, 3.05) is 11.9 Å². The first-order valence-electron chi connectivity index (χ1n) is 7.42. The van der Waals surface area contributed by atoms with Crippen LogP contribution in [0.3, 0.4) is 0 Å². The van der Waals surface area contributed by atoms with E-state index in [1.54, 1.807) is 16.0 Å². The van der Waals surface area contributed by atoms with Crippen LogP contribution in [0.2, 0.25) is 0 Å². The summed E-state index contributed by atoms with van der Waals surface area (Å²) >= 11 is 1.64. The zero-order chi connectivity index (χ0) is 16.9. The Labute approximate surface area is 142 Å². The highest BCUT2D eigenvalue weighted by Gasteiger charge is 2.07. The number of anilines is 1. The van der Waals surface area contributed by atoms with Gasteiger partial charge in [0.1, 0.15) is 6.33 Å². The molecule has 0 radical (unpaired) electrons. The van der Waals surface area contributed by atoms with Crippen LogP contribution in [0, 0.1) is 13.8 Å². The van der Waals surface area contributed by atoms with Crippen molar-refractivity contribution in [1.82, 2.24) is 30.5 Å². The Hall–Kier alpha value is -2.81. The SMILES string of the molecule is Cc1cnc(CCNC(=O)Nc2ccc(-n3cnnn3)c(C)c2)s1. The molecule has 2 N–H and O–H groups in total. The summed E-state index contributed by atoms with van der Waals surface area (Å²) in [5.41, 5.74) is 2.54. The number of amides is 2. The highest BCUT2D eigenvalue weighted by atomic mass is 32.1. The normalized spacial score (nSPS) is 10.6. The molecule has 0 atom stereocenters. The maximum atomic E-state index is 12.0. The number of thiazole rings is 1. The number of aromatic nitrogens is 5. The predicted molar refractivity (Wildman–Crippen MR) is 91.5 cm³/mol. The van der Waals surface area contributed by atoms with Gasteiger partial charge in [-0.1, -0.05) is 0 Å². The molecule has 8 nitrogen and oxygen atoms in total. The van der Waals surface area contributed by atoms with Gasteiger partial charge in [-0.3, -0.25) is 0 Å². The molecule has 2 amide bonds. The van der Waals surface area contributed by atoms with E-state index in [1.807, 2.05) is 38.2 Å². The van der Waals surface area contributed by atoms with Crippen molar-refractivity contribution in [3.63, 3.8) is 0 Å². The number of hydrogen-bond donors (Lipinski definition) is 2. The van der Waals surface area contributed by atoms with Crippen molar-refractivity contribution in [2.24, 2.45) is 0 Å². The summed E-state index contributed by atoms with van der Waals surface area (Å²) in [5.74, 6) is 0. The summed E-state index contributed by atoms with van der Waals surface area (Å²) in [5, 5.41) is 17.8. The number of urea groups is 1. The third-order valence-corrected chi connectivity index (χ3v) is 4.32. The van der Waals surface area contributed by atoms with Crippen molar-refractivity contribution in [2.45, 2.75) is 20.3 Å². The molecule has 0 fully saturated rings. The molecule has 0 saturated carbocycles. The van der Waals surface area contributed by atoms with E-state index in [9.17, 15) is 4.79 Å². The molecule has 0 bridgehead atoms. The first-order chi connectivity index (χ1) is 11.6. The minimum atomic E-state index is -0.238. The fourth-order valence-corrected chi connectivity index (χ4v) is 3.02. The minimum absolute atomic E-state index is 0.238. The minimum Gasteiger partial charge on any atom is -0.337 e. The average Bonchev–Trinajstić information content (AvgIpc) is 3.19. The number of carbonyl (C=O) groups excluding carboxylic acids is 1. The Morgan fingerprint density at radius 3 is 2.88 bits per heavy atom. The smallest absolute Gasteiger partial charge is 0.319 e. The summed E-state index contributed by atoms with van der Waals surface area (Å²) in [7, 11) is 0. The maximum absolute atomic E-state index is 12.0. The Morgan fingerprint density at radius 1 is 1.33 bits per heavy atom. The van der Waals surface area contributed by atoms with Crippen LogP contribution in [0.5, 0.6) is 0 Å². The number of tetrazole rings is 1. The number of nitrogens with one attached hydrogen (secondary N) is 2. The molecule has 0 aliphatic rings. The molecule has 0 saturated heterocycles. The van der Waals surface area contributed by atoms with E-state index in [0.29, 0.717) is 12.2 Å². The number of benzene rings is 1. The van der Waals surface area contributed by atoms with Crippen molar-refractivity contribution < 1.29 is 4.79 Å². The van der Waals surface area contributed by atoms with Crippen LogP contribution in [-0.2, 0) is 6.42 Å². The average molecular weight is 343 g/mol. The van der Waals surface area contributed by atoms with Crippen LogP contribution in [0.4, 0.5) is 10.5 Å². The number of hydrogen-bond acceptors (Lipinski definition) is 6. The van der Waals surface area contributed by atoms with Gasteiger partial charge in [-0.05, 0) is 48.0 Å². The molecule has 1 aromatic carbocycles. The third kappa shape index (κ3) is 3.93. The lowest BCUT2D eigenvalue weighted by molar-refractivity contribution is 0.252. The molecule has 2 heterocycles. The van der Waals surface area contributed by atoms with E-state index in [4.69, 9.17) is 0 Å². The first-order valence-corrected chi connectivity index (χ1v) is 8.23. The van der Waals surface area contributed by atoms with E-state index in [2.05, 4.69) is 31.1 Å². The van der Waals surface area contributed by atoms with Crippen molar-refractivity contribution >= 4 is 23.1 Å². The Morgan fingerprint density at radius 2 is 2.21 bits per heavy atom. The summed E-state index contributed by atoms with van der Waals surface area (Å²) in [6.07, 6.45) is 4.10. The fourth-order valence-electron chi connectivity index (χ4n) is 2.24. The predicted octanol–water partition coefficient (Wildman–Crippen LogP) is 2.10. The molecule has 9 heteroatoms. The van der Waals surface area contributed by atoms with E-state index in [1.165, 1.54) is 11.2 Å². The first kappa shape index (κ1) is 16.1. The molecular formula is C15H17N7OS. The van der Waals surface area contributed by atoms with Gasteiger partial charge in [-0.2, -0.15) is 0 Å². The number of carbonyl (C=O) groups is 1. The second-order valence-electron chi connectivity index (χ2n) is 5.25. The highest BCUT2D eigenvalue weighted by molar-refractivity contribution is 7.11. The van der Waals surface area contributed by atoms with Gasteiger partial charge in [0.25, 0.3) is 0 Å². The molecule has 0 unspecified atom stereocenters. The maximum Gasteiger partial charge on any atom is 0.319 e. The Kier molecular flexibility index (Phi) is 4.80. The topological polar surface area (TPSA) is 97.6 Å². The monoisotopic (exact) mass is 343 g/mol. The second kappa shape index (κ2) is 7.18. The summed E-state index contributed by atoms with van der Waals surface area (Å²) in [6.45, 7) is 4.49. The lowest BCUT2D eigenvalue weighted by Crippen LogP contribution is -2.30. The molecule has 0 aliphatic heterocycles. The number of aryl methyl sites for hydroxylation is 2. The van der Waals surface area contributed by atoms with Gasteiger partial charge < -0.3 is 10.6 Å². The lowest BCUT2D eigenvalue weighted by atomic mass is 10.2. The van der Waals surface area contributed by atoms with Crippen LogP contribution >= 0.6 is 11.3 Å². The largest absolute Gasteiger partial charge is 0.337 e. The zero-order valence-corrected chi connectivity index (χ0v) is 14.2. The Bertz CT molecular complexity index is 828. The van der Waals surface area contributed by atoms with Gasteiger partial charge in [-0.15, -0.1) is 16.4 Å². The fraction of sp³-hybridized carbons (Fsp3) is 0.267.